The molecule has 1 saturated carbocycles. The van der Waals surface area contributed by atoms with Gasteiger partial charge in [-0.25, -0.2) is 13.2 Å². The third kappa shape index (κ3) is 7.04. The molecule has 1 aliphatic carbocycles. The molecule has 13 heteroatoms. The SMILES string of the molecule is CC[C@H](C(=O)N1CCC[C@@H](CNC(=O)NC2CC2)C1)N(C(C)C(F)(F)F)S(=O)(=O)c1ccc(Cl)cc1. The van der Waals surface area contributed by atoms with Crippen LogP contribution in [0, 0.1) is 5.92 Å². The van der Waals surface area contributed by atoms with E-state index in [0.29, 0.717) is 19.5 Å². The average Bonchev–Trinajstić information content (AvgIpc) is 3.64. The number of alkyl halides is 3. The fourth-order valence-electron chi connectivity index (χ4n) is 4.33. The number of urea groups is 1. The summed E-state index contributed by atoms with van der Waals surface area (Å²) in [6.07, 6.45) is -1.81. The predicted molar refractivity (Wildman–Crippen MR) is 129 cm³/mol. The van der Waals surface area contributed by atoms with Gasteiger partial charge in [0, 0.05) is 30.7 Å². The second-order valence-electron chi connectivity index (χ2n) is 9.35. The quantitative estimate of drug-likeness (QED) is 0.487. The molecule has 0 spiro atoms. The van der Waals surface area contributed by atoms with Gasteiger partial charge in [-0.2, -0.15) is 17.5 Å². The number of amides is 3. The molecule has 3 atom stereocenters. The summed E-state index contributed by atoms with van der Waals surface area (Å²) < 4.78 is 68.6. The smallest absolute Gasteiger partial charge is 0.341 e. The van der Waals surface area contributed by atoms with Crippen molar-refractivity contribution in [2.24, 2.45) is 5.92 Å². The number of piperidine rings is 1. The molecule has 3 amide bonds. The Hall–Kier alpha value is -2.05. The Bertz CT molecular complexity index is 1030. The van der Waals surface area contributed by atoms with Crippen LogP contribution in [0.1, 0.15) is 46.0 Å². The molecule has 3 rings (SSSR count). The monoisotopic (exact) mass is 552 g/mol. The minimum atomic E-state index is -4.89. The van der Waals surface area contributed by atoms with Gasteiger partial charge < -0.3 is 15.5 Å². The number of nitrogens with one attached hydrogen (secondary N) is 2. The van der Waals surface area contributed by atoms with Crippen molar-refractivity contribution < 1.29 is 31.2 Å². The standard InChI is InChI=1S/C23H32ClF3N4O4S/c1-3-20(21(32)30-12-4-5-16(14-30)13-28-22(33)29-18-8-9-18)31(15(2)23(25,26)27)36(34,35)19-10-6-17(24)7-11-19/h6-7,10-11,15-16,18,20H,3-5,8-9,12-14H2,1-2H3,(H2,28,29,33)/t15?,16-,20+/m0/s1. The van der Waals surface area contributed by atoms with Gasteiger partial charge in [0.15, 0.2) is 0 Å². The lowest BCUT2D eigenvalue weighted by molar-refractivity contribution is -0.174. The molecular formula is C23H32ClF3N4O4S. The third-order valence-electron chi connectivity index (χ3n) is 6.52. The van der Waals surface area contributed by atoms with Gasteiger partial charge >= 0.3 is 12.2 Å². The molecule has 1 aromatic carbocycles. The molecule has 1 aromatic rings. The van der Waals surface area contributed by atoms with Gasteiger partial charge in [-0.15, -0.1) is 0 Å². The molecule has 1 saturated heterocycles. The van der Waals surface area contributed by atoms with Crippen molar-refractivity contribution in [1.82, 2.24) is 19.8 Å². The van der Waals surface area contributed by atoms with Gasteiger partial charge in [0.25, 0.3) is 0 Å². The number of carbonyl (C=O) groups is 2. The van der Waals surface area contributed by atoms with E-state index in [0.717, 1.165) is 38.3 Å². The van der Waals surface area contributed by atoms with Crippen molar-refractivity contribution >= 4 is 33.6 Å². The summed E-state index contributed by atoms with van der Waals surface area (Å²) in [7, 11) is -4.69. The summed E-state index contributed by atoms with van der Waals surface area (Å²) >= 11 is 5.83. The summed E-state index contributed by atoms with van der Waals surface area (Å²) in [6.45, 7) is 3.06. The van der Waals surface area contributed by atoms with E-state index in [4.69, 9.17) is 11.6 Å². The number of likely N-dealkylation sites (tertiary alicyclic amines) is 1. The van der Waals surface area contributed by atoms with E-state index < -0.39 is 34.2 Å². The molecule has 1 aliphatic heterocycles. The van der Waals surface area contributed by atoms with Crippen LogP contribution in [0.5, 0.6) is 0 Å². The van der Waals surface area contributed by atoms with E-state index in [-0.39, 0.29) is 45.2 Å². The van der Waals surface area contributed by atoms with E-state index in [2.05, 4.69) is 10.6 Å². The Morgan fingerprint density at radius 2 is 1.83 bits per heavy atom. The zero-order valence-corrected chi connectivity index (χ0v) is 21.8. The minimum absolute atomic E-state index is 0.0912. The van der Waals surface area contributed by atoms with Crippen LogP contribution in [-0.2, 0) is 14.8 Å². The van der Waals surface area contributed by atoms with Crippen LogP contribution in [0.2, 0.25) is 5.02 Å². The van der Waals surface area contributed by atoms with Crippen LogP contribution >= 0.6 is 11.6 Å². The van der Waals surface area contributed by atoms with Crippen LogP contribution in [0.3, 0.4) is 0 Å². The first kappa shape index (κ1) is 28.5. The number of carbonyl (C=O) groups excluding carboxylic acids is 2. The van der Waals surface area contributed by atoms with Gasteiger partial charge in [-0.1, -0.05) is 18.5 Å². The summed E-state index contributed by atoms with van der Waals surface area (Å²) in [5, 5.41) is 5.82. The molecule has 36 heavy (non-hydrogen) atoms. The molecule has 0 radical (unpaired) electrons. The Balaban J connectivity index is 1.80. The van der Waals surface area contributed by atoms with Crippen molar-refractivity contribution in [1.29, 1.82) is 0 Å². The molecule has 2 N–H and O–H groups in total. The summed E-state index contributed by atoms with van der Waals surface area (Å²) in [6, 6.07) is 0.730. The van der Waals surface area contributed by atoms with Crippen LogP contribution in [0.15, 0.2) is 29.2 Å². The minimum Gasteiger partial charge on any atom is -0.341 e. The second-order valence-corrected chi connectivity index (χ2v) is 11.6. The topological polar surface area (TPSA) is 98.8 Å². The Kier molecular flexibility index (Phi) is 9.16. The number of rotatable bonds is 9. The largest absolute Gasteiger partial charge is 0.404 e. The molecule has 202 valence electrons. The molecule has 0 bridgehead atoms. The highest BCUT2D eigenvalue weighted by Gasteiger charge is 2.50. The third-order valence-corrected chi connectivity index (χ3v) is 8.76. The van der Waals surface area contributed by atoms with Gasteiger partial charge in [0.2, 0.25) is 15.9 Å². The fraction of sp³-hybridized carbons (Fsp3) is 0.652. The van der Waals surface area contributed by atoms with E-state index in [1.165, 1.54) is 24.0 Å². The lowest BCUT2D eigenvalue weighted by Crippen LogP contribution is -2.58. The van der Waals surface area contributed by atoms with Gasteiger partial charge in [-0.05, 0) is 69.2 Å². The number of hydrogen-bond donors (Lipinski definition) is 2. The number of nitrogens with zero attached hydrogens (tertiary/aromatic N) is 2. The van der Waals surface area contributed by atoms with Gasteiger partial charge in [-0.3, -0.25) is 4.79 Å². The van der Waals surface area contributed by atoms with Crippen molar-refractivity contribution in [3.63, 3.8) is 0 Å². The summed E-state index contributed by atoms with van der Waals surface area (Å²) in [5.74, 6) is -0.773. The van der Waals surface area contributed by atoms with E-state index in [1.54, 1.807) is 0 Å². The van der Waals surface area contributed by atoms with Gasteiger partial charge in [0.1, 0.15) is 12.1 Å². The molecule has 8 nitrogen and oxygen atoms in total. The van der Waals surface area contributed by atoms with E-state index in [9.17, 15) is 31.2 Å². The normalized spacial score (nSPS) is 20.6. The molecule has 1 unspecified atom stereocenters. The Morgan fingerprint density at radius 3 is 2.39 bits per heavy atom. The predicted octanol–water partition coefficient (Wildman–Crippen LogP) is 3.76. The van der Waals surface area contributed by atoms with Crippen molar-refractivity contribution in [2.45, 2.75) is 75.1 Å². The maximum absolute atomic E-state index is 13.8. The van der Waals surface area contributed by atoms with Crippen LogP contribution < -0.4 is 10.6 Å². The van der Waals surface area contributed by atoms with Crippen LogP contribution in [0.4, 0.5) is 18.0 Å². The first-order chi connectivity index (χ1) is 16.8. The summed E-state index contributed by atoms with van der Waals surface area (Å²) in [4.78, 5) is 26.5. The fourth-order valence-corrected chi connectivity index (χ4v) is 6.28. The number of benzene rings is 1. The molecule has 2 aliphatic rings. The number of hydrogen-bond acceptors (Lipinski definition) is 4. The van der Waals surface area contributed by atoms with E-state index >= 15 is 0 Å². The molecular weight excluding hydrogens is 521 g/mol. The highest BCUT2D eigenvalue weighted by atomic mass is 35.5. The average molecular weight is 553 g/mol. The van der Waals surface area contributed by atoms with Crippen molar-refractivity contribution in [2.75, 3.05) is 19.6 Å². The Labute approximate surface area is 214 Å². The Morgan fingerprint density at radius 1 is 1.19 bits per heavy atom. The van der Waals surface area contributed by atoms with E-state index in [1.807, 2.05) is 0 Å². The lowest BCUT2D eigenvalue weighted by Gasteiger charge is -2.40. The first-order valence-corrected chi connectivity index (χ1v) is 13.8. The van der Waals surface area contributed by atoms with Gasteiger partial charge in [0.05, 0.1) is 4.90 Å². The zero-order chi connectivity index (χ0) is 26.7. The van der Waals surface area contributed by atoms with Crippen LogP contribution in [-0.4, -0.2) is 73.5 Å². The first-order valence-electron chi connectivity index (χ1n) is 12.0. The van der Waals surface area contributed by atoms with Crippen molar-refractivity contribution in [3.8, 4) is 0 Å². The highest BCUT2D eigenvalue weighted by molar-refractivity contribution is 7.89. The van der Waals surface area contributed by atoms with Crippen LogP contribution in [0.25, 0.3) is 0 Å². The summed E-state index contributed by atoms with van der Waals surface area (Å²) in [5.41, 5.74) is 0. The molecule has 0 aromatic heterocycles. The number of sulfonamides is 1. The zero-order valence-electron chi connectivity index (χ0n) is 20.2. The second kappa shape index (κ2) is 11.6. The highest BCUT2D eigenvalue weighted by Crippen LogP contribution is 2.33. The maximum Gasteiger partial charge on any atom is 0.404 e. The molecule has 2 fully saturated rings. The maximum atomic E-state index is 13.8. The lowest BCUT2D eigenvalue weighted by atomic mass is 9.97. The molecule has 1 heterocycles. The van der Waals surface area contributed by atoms with Crippen molar-refractivity contribution in [3.05, 3.63) is 29.3 Å². The number of halogens is 4.